The molecule has 0 saturated carbocycles. The molecule has 6 heteroatoms. The van der Waals surface area contributed by atoms with Gasteiger partial charge >= 0.3 is 0 Å². The van der Waals surface area contributed by atoms with Crippen LogP contribution in [0.5, 0.6) is 5.75 Å². The van der Waals surface area contributed by atoms with Crippen LogP contribution in [0.2, 0.25) is 0 Å². The Hall–Kier alpha value is -3.38. The Morgan fingerprint density at radius 3 is 2.87 bits per heavy atom. The smallest absolute Gasteiger partial charge is 0.258 e. The van der Waals surface area contributed by atoms with Crippen molar-refractivity contribution in [1.82, 2.24) is 14.5 Å². The number of aromatic nitrogens is 2. The predicted molar refractivity (Wildman–Crippen MR) is 120 cm³/mol. The Morgan fingerprint density at radius 1 is 1.16 bits per heavy atom. The molecule has 0 N–H and O–H groups in total. The van der Waals surface area contributed by atoms with Gasteiger partial charge in [-0.3, -0.25) is 14.3 Å². The fourth-order valence-electron chi connectivity index (χ4n) is 4.09. The van der Waals surface area contributed by atoms with E-state index in [1.165, 1.54) is 11.6 Å². The summed E-state index contributed by atoms with van der Waals surface area (Å²) < 4.78 is 13.6. The van der Waals surface area contributed by atoms with E-state index in [-0.39, 0.29) is 5.56 Å². The minimum absolute atomic E-state index is 0.147. The third kappa shape index (κ3) is 3.99. The largest absolute Gasteiger partial charge is 0.489 e. The molecule has 31 heavy (non-hydrogen) atoms. The van der Waals surface area contributed by atoms with Gasteiger partial charge in [0, 0.05) is 59.7 Å². The molecular weight excluding hydrogens is 390 g/mol. The zero-order valence-electron chi connectivity index (χ0n) is 17.8. The second-order valence-electron chi connectivity index (χ2n) is 8.19. The Balaban J connectivity index is 1.39. The average molecular weight is 415 g/mol. The summed E-state index contributed by atoms with van der Waals surface area (Å²) in [5, 5.41) is 1.13. The monoisotopic (exact) mass is 415 g/mol. The van der Waals surface area contributed by atoms with Gasteiger partial charge in [0.2, 0.25) is 0 Å². The van der Waals surface area contributed by atoms with Crippen molar-refractivity contribution in [2.45, 2.75) is 32.9 Å². The third-order valence-electron chi connectivity index (χ3n) is 5.78. The van der Waals surface area contributed by atoms with E-state index in [9.17, 15) is 4.79 Å². The standard InChI is InChI=1S/C25H25N3O3/c1-17-5-6-18(14-26-17)16-30-20-9-11-28(25(29)13-20)19-7-8-21-22-15-27(2)10-3-4-23(22)31-24(21)12-19/h5-9,11-14H,3-4,10,15-16H2,1-2H3. The molecule has 0 radical (unpaired) electrons. The molecule has 4 aromatic rings. The summed E-state index contributed by atoms with van der Waals surface area (Å²) in [5.41, 5.74) is 4.66. The average Bonchev–Trinajstić information content (AvgIpc) is 2.98. The van der Waals surface area contributed by atoms with Crippen LogP contribution in [0.15, 0.2) is 64.1 Å². The maximum Gasteiger partial charge on any atom is 0.258 e. The van der Waals surface area contributed by atoms with E-state index in [2.05, 4.69) is 23.0 Å². The number of hydrogen-bond donors (Lipinski definition) is 0. The molecule has 5 rings (SSSR count). The van der Waals surface area contributed by atoms with Gasteiger partial charge in [0.1, 0.15) is 23.7 Å². The highest BCUT2D eigenvalue weighted by Crippen LogP contribution is 2.31. The Morgan fingerprint density at radius 2 is 2.06 bits per heavy atom. The van der Waals surface area contributed by atoms with Crippen LogP contribution in [0.3, 0.4) is 0 Å². The summed E-state index contributed by atoms with van der Waals surface area (Å²) in [6.07, 6.45) is 5.57. The first kappa shape index (κ1) is 19.6. The zero-order valence-corrected chi connectivity index (χ0v) is 17.8. The van der Waals surface area contributed by atoms with Crippen LogP contribution in [0.4, 0.5) is 0 Å². The highest BCUT2D eigenvalue weighted by atomic mass is 16.5. The summed E-state index contributed by atoms with van der Waals surface area (Å²) in [7, 11) is 2.14. The van der Waals surface area contributed by atoms with E-state index in [0.29, 0.717) is 12.4 Å². The van der Waals surface area contributed by atoms with E-state index in [4.69, 9.17) is 9.15 Å². The van der Waals surface area contributed by atoms with Gasteiger partial charge in [-0.05, 0) is 51.2 Å². The first-order valence-electron chi connectivity index (χ1n) is 10.6. The van der Waals surface area contributed by atoms with Crippen molar-refractivity contribution in [3.8, 4) is 11.4 Å². The first-order chi connectivity index (χ1) is 15.1. The van der Waals surface area contributed by atoms with Crippen molar-refractivity contribution in [3.63, 3.8) is 0 Å². The molecule has 1 aromatic carbocycles. The molecule has 0 amide bonds. The lowest BCUT2D eigenvalue weighted by Crippen LogP contribution is -2.17. The van der Waals surface area contributed by atoms with E-state index in [1.54, 1.807) is 23.0 Å². The van der Waals surface area contributed by atoms with Crippen LogP contribution >= 0.6 is 0 Å². The fraction of sp³-hybridized carbons (Fsp3) is 0.280. The summed E-state index contributed by atoms with van der Waals surface area (Å²) in [6.45, 7) is 4.28. The van der Waals surface area contributed by atoms with Crippen molar-refractivity contribution in [2.24, 2.45) is 0 Å². The number of hydrogen-bond acceptors (Lipinski definition) is 5. The van der Waals surface area contributed by atoms with Gasteiger partial charge in [-0.25, -0.2) is 0 Å². The second kappa shape index (κ2) is 8.04. The lowest BCUT2D eigenvalue weighted by molar-refractivity contribution is 0.304. The summed E-state index contributed by atoms with van der Waals surface area (Å²) >= 11 is 0. The van der Waals surface area contributed by atoms with Gasteiger partial charge in [-0.1, -0.05) is 6.07 Å². The quantitative estimate of drug-likeness (QED) is 0.499. The number of pyridine rings is 2. The van der Waals surface area contributed by atoms with Gasteiger partial charge in [0.05, 0.1) is 5.69 Å². The number of fused-ring (bicyclic) bond motifs is 3. The molecule has 158 valence electrons. The first-order valence-corrected chi connectivity index (χ1v) is 10.6. The van der Waals surface area contributed by atoms with Crippen molar-refractivity contribution in [2.75, 3.05) is 13.6 Å². The highest BCUT2D eigenvalue weighted by Gasteiger charge is 2.19. The van der Waals surface area contributed by atoms with E-state index in [1.807, 2.05) is 31.2 Å². The lowest BCUT2D eigenvalue weighted by atomic mass is 10.1. The number of rotatable bonds is 4. The predicted octanol–water partition coefficient (Wildman–Crippen LogP) is 4.24. The van der Waals surface area contributed by atoms with Gasteiger partial charge in [-0.15, -0.1) is 0 Å². The van der Waals surface area contributed by atoms with Gasteiger partial charge in [0.15, 0.2) is 0 Å². The molecule has 6 nitrogen and oxygen atoms in total. The Kier molecular flexibility index (Phi) is 5.08. The topological polar surface area (TPSA) is 60.5 Å². The summed E-state index contributed by atoms with van der Waals surface area (Å²) in [5.74, 6) is 1.61. The molecule has 0 atom stereocenters. The molecule has 1 aliphatic rings. The van der Waals surface area contributed by atoms with E-state index >= 15 is 0 Å². The molecule has 0 fully saturated rings. The Bertz CT molecular complexity index is 1290. The number of furan rings is 1. The summed E-state index contributed by atoms with van der Waals surface area (Å²) in [4.78, 5) is 19.3. The highest BCUT2D eigenvalue weighted by molar-refractivity contribution is 5.84. The van der Waals surface area contributed by atoms with Crippen LogP contribution in [0, 0.1) is 6.92 Å². The van der Waals surface area contributed by atoms with Crippen LogP contribution in [-0.4, -0.2) is 28.0 Å². The normalized spacial score (nSPS) is 14.4. The number of nitrogens with zero attached hydrogens (tertiary/aromatic N) is 3. The van der Waals surface area contributed by atoms with Crippen molar-refractivity contribution < 1.29 is 9.15 Å². The number of benzene rings is 1. The maximum absolute atomic E-state index is 12.7. The van der Waals surface area contributed by atoms with Crippen LogP contribution in [0.1, 0.15) is 29.0 Å². The number of ether oxygens (including phenoxy) is 1. The minimum atomic E-state index is -0.147. The molecular formula is C25H25N3O3. The molecule has 0 bridgehead atoms. The fourth-order valence-corrected chi connectivity index (χ4v) is 4.09. The molecule has 4 heterocycles. The van der Waals surface area contributed by atoms with Gasteiger partial charge < -0.3 is 14.1 Å². The van der Waals surface area contributed by atoms with Crippen molar-refractivity contribution >= 4 is 11.0 Å². The molecule has 0 saturated heterocycles. The zero-order chi connectivity index (χ0) is 21.4. The third-order valence-corrected chi connectivity index (χ3v) is 5.78. The summed E-state index contributed by atoms with van der Waals surface area (Å²) in [6, 6.07) is 13.2. The van der Waals surface area contributed by atoms with Crippen LogP contribution in [0.25, 0.3) is 16.7 Å². The minimum Gasteiger partial charge on any atom is -0.489 e. The van der Waals surface area contributed by atoms with E-state index in [0.717, 1.165) is 59.6 Å². The van der Waals surface area contributed by atoms with Crippen LogP contribution in [-0.2, 0) is 19.6 Å². The molecule has 0 spiro atoms. The molecule has 0 aliphatic carbocycles. The van der Waals surface area contributed by atoms with Crippen molar-refractivity contribution in [3.05, 3.63) is 87.8 Å². The number of aryl methyl sites for hydroxylation is 2. The maximum atomic E-state index is 12.7. The van der Waals surface area contributed by atoms with Gasteiger partial charge in [0.25, 0.3) is 5.56 Å². The second-order valence-corrected chi connectivity index (χ2v) is 8.19. The molecule has 0 unspecified atom stereocenters. The van der Waals surface area contributed by atoms with E-state index < -0.39 is 0 Å². The molecule has 3 aromatic heterocycles. The Labute approximate surface area is 180 Å². The van der Waals surface area contributed by atoms with Crippen molar-refractivity contribution in [1.29, 1.82) is 0 Å². The van der Waals surface area contributed by atoms with Crippen LogP contribution < -0.4 is 10.3 Å². The SMILES string of the molecule is Cc1ccc(COc2ccn(-c3ccc4c5c(oc4c3)CCCN(C)C5)c(=O)c2)cn1. The van der Waals surface area contributed by atoms with Gasteiger partial charge in [-0.2, -0.15) is 0 Å². The lowest BCUT2D eigenvalue weighted by Gasteiger charge is -2.12. The molecule has 1 aliphatic heterocycles.